The lowest BCUT2D eigenvalue weighted by atomic mass is 9.95. The lowest BCUT2D eigenvalue weighted by molar-refractivity contribution is -0.142. The van der Waals surface area contributed by atoms with Crippen LogP contribution in [0.15, 0.2) is 0 Å². The van der Waals surface area contributed by atoms with Crippen molar-refractivity contribution in [3.05, 3.63) is 0 Å². The van der Waals surface area contributed by atoms with Gasteiger partial charge in [-0.05, 0) is 18.8 Å². The van der Waals surface area contributed by atoms with E-state index < -0.39 is 11.9 Å². The van der Waals surface area contributed by atoms with Gasteiger partial charge in [0.1, 0.15) is 0 Å². The molecule has 0 aromatic heterocycles. The van der Waals surface area contributed by atoms with Crippen LogP contribution >= 0.6 is 0 Å². The second-order valence-electron chi connectivity index (χ2n) is 6.01. The summed E-state index contributed by atoms with van der Waals surface area (Å²) >= 11 is 0. The first kappa shape index (κ1) is 26.8. The minimum absolute atomic E-state index is 0. The first-order valence-electron chi connectivity index (χ1n) is 8.87. The summed E-state index contributed by atoms with van der Waals surface area (Å²) in [5.41, 5.74) is 0. The number of carbonyl (C=O) groups is 2. The van der Waals surface area contributed by atoms with E-state index in [4.69, 9.17) is 10.2 Å². The van der Waals surface area contributed by atoms with E-state index in [2.05, 4.69) is 20.8 Å². The van der Waals surface area contributed by atoms with Crippen LogP contribution in [0.5, 0.6) is 0 Å². The van der Waals surface area contributed by atoms with Gasteiger partial charge in [0, 0.05) is 6.42 Å². The van der Waals surface area contributed by atoms with Gasteiger partial charge in [-0.3, -0.25) is 9.59 Å². The van der Waals surface area contributed by atoms with Gasteiger partial charge in [0.15, 0.2) is 0 Å². The van der Waals surface area contributed by atoms with Crippen LogP contribution in [0.3, 0.4) is 0 Å². The van der Waals surface area contributed by atoms with E-state index in [0.29, 0.717) is 12.3 Å². The molecule has 0 bridgehead atoms. The van der Waals surface area contributed by atoms with Crippen molar-refractivity contribution in [2.45, 2.75) is 99.3 Å². The fourth-order valence-electron chi connectivity index (χ4n) is 2.60. The molecule has 0 aliphatic heterocycles. The fourth-order valence-corrected chi connectivity index (χ4v) is 2.60. The molecule has 2 N–H and O–H groups in total. The van der Waals surface area contributed by atoms with E-state index in [1.54, 1.807) is 0 Å². The molecule has 1 atom stereocenters. The Kier molecular flexibility index (Phi) is 22.1. The Morgan fingerprint density at radius 1 is 0.783 bits per heavy atom. The lowest BCUT2D eigenvalue weighted by Crippen LogP contribution is -2.12. The Labute approximate surface area is 143 Å². The van der Waals surface area contributed by atoms with Crippen LogP contribution in [0, 0.1) is 11.8 Å². The first-order valence-corrected chi connectivity index (χ1v) is 8.87. The molecule has 0 aromatic rings. The standard InChI is InChI=1S/2C9H18O2.CH4/c1-3-5-8(6-4-2)7-9(10)11;1-3-5-7-8(6-4-2)9(10)11;/h2*8H,3-7H2,1-2H3,(H,10,11);1H4/t;8-;/m.1./s1. The predicted octanol–water partition coefficient (Wildman–Crippen LogP) is 5.99. The minimum Gasteiger partial charge on any atom is -0.481 e. The molecule has 23 heavy (non-hydrogen) atoms. The summed E-state index contributed by atoms with van der Waals surface area (Å²) in [5.74, 6) is -0.973. The predicted molar refractivity (Wildman–Crippen MR) is 97.8 cm³/mol. The van der Waals surface area contributed by atoms with Crippen molar-refractivity contribution in [3.8, 4) is 0 Å². The average molecular weight is 333 g/mol. The molecule has 0 aliphatic carbocycles. The zero-order chi connectivity index (χ0) is 17.4. The first-order chi connectivity index (χ1) is 10.4. The molecule has 0 aromatic carbocycles. The molecule has 140 valence electrons. The highest BCUT2D eigenvalue weighted by Crippen LogP contribution is 2.17. The van der Waals surface area contributed by atoms with Crippen LogP contribution in [0.4, 0.5) is 0 Å². The molecule has 0 saturated carbocycles. The zero-order valence-electron chi connectivity index (χ0n) is 14.9. The maximum absolute atomic E-state index is 10.6. The van der Waals surface area contributed by atoms with Crippen molar-refractivity contribution >= 4 is 11.9 Å². The topological polar surface area (TPSA) is 74.6 Å². The SMILES string of the molecule is C.CCCC(CCC)CC(=O)O.CCCC[C@@H](CCC)C(=O)O. The smallest absolute Gasteiger partial charge is 0.306 e. The van der Waals surface area contributed by atoms with Crippen molar-refractivity contribution < 1.29 is 19.8 Å². The van der Waals surface area contributed by atoms with Crippen LogP contribution < -0.4 is 0 Å². The lowest BCUT2D eigenvalue weighted by Gasteiger charge is -2.11. The van der Waals surface area contributed by atoms with Crippen LogP contribution in [-0.2, 0) is 9.59 Å². The van der Waals surface area contributed by atoms with E-state index >= 15 is 0 Å². The third-order valence-electron chi connectivity index (χ3n) is 3.75. The third kappa shape index (κ3) is 18.9. The summed E-state index contributed by atoms with van der Waals surface area (Å²) in [6, 6.07) is 0. The highest BCUT2D eigenvalue weighted by Gasteiger charge is 2.14. The van der Waals surface area contributed by atoms with Gasteiger partial charge >= 0.3 is 11.9 Å². The van der Waals surface area contributed by atoms with Crippen molar-refractivity contribution in [3.63, 3.8) is 0 Å². The van der Waals surface area contributed by atoms with Gasteiger partial charge in [-0.1, -0.05) is 80.1 Å². The van der Waals surface area contributed by atoms with Crippen molar-refractivity contribution in [1.29, 1.82) is 0 Å². The Morgan fingerprint density at radius 3 is 1.57 bits per heavy atom. The highest BCUT2D eigenvalue weighted by molar-refractivity contribution is 5.69. The fraction of sp³-hybridized carbons (Fsp3) is 0.895. The summed E-state index contributed by atoms with van der Waals surface area (Å²) in [6.07, 6.45) is 9.43. The van der Waals surface area contributed by atoms with E-state index in [9.17, 15) is 9.59 Å². The number of rotatable bonds is 12. The number of aliphatic carboxylic acids is 2. The maximum atomic E-state index is 10.6. The summed E-state index contributed by atoms with van der Waals surface area (Å²) in [7, 11) is 0. The molecule has 0 aliphatic rings. The van der Waals surface area contributed by atoms with Gasteiger partial charge in [0.05, 0.1) is 5.92 Å². The summed E-state index contributed by atoms with van der Waals surface area (Å²) in [5, 5.41) is 17.3. The van der Waals surface area contributed by atoms with Gasteiger partial charge in [0.2, 0.25) is 0 Å². The Bertz CT molecular complexity index is 271. The van der Waals surface area contributed by atoms with Crippen LogP contribution in [-0.4, -0.2) is 22.2 Å². The molecular formula is C19H40O4. The van der Waals surface area contributed by atoms with Gasteiger partial charge in [-0.15, -0.1) is 0 Å². The molecule has 0 saturated heterocycles. The number of unbranched alkanes of at least 4 members (excludes halogenated alkanes) is 1. The number of hydrogen-bond acceptors (Lipinski definition) is 2. The van der Waals surface area contributed by atoms with E-state index in [1.807, 2.05) is 6.92 Å². The van der Waals surface area contributed by atoms with Gasteiger partial charge in [0.25, 0.3) is 0 Å². The van der Waals surface area contributed by atoms with Crippen LogP contribution in [0.1, 0.15) is 99.3 Å². The number of carboxylic acid groups (broad SMARTS) is 2. The summed E-state index contributed by atoms with van der Waals surface area (Å²) < 4.78 is 0. The maximum Gasteiger partial charge on any atom is 0.306 e. The number of carboxylic acids is 2. The third-order valence-corrected chi connectivity index (χ3v) is 3.75. The Balaban J connectivity index is -0.000000333. The van der Waals surface area contributed by atoms with Gasteiger partial charge in [-0.25, -0.2) is 0 Å². The molecule has 0 radical (unpaired) electrons. The van der Waals surface area contributed by atoms with Crippen LogP contribution in [0.2, 0.25) is 0 Å². The second kappa shape index (κ2) is 19.0. The van der Waals surface area contributed by atoms with Crippen molar-refractivity contribution in [1.82, 2.24) is 0 Å². The van der Waals surface area contributed by atoms with E-state index in [-0.39, 0.29) is 13.3 Å². The quantitative estimate of drug-likeness (QED) is 0.460. The minimum atomic E-state index is -0.656. The molecule has 0 fully saturated rings. The summed E-state index contributed by atoms with van der Waals surface area (Å²) in [4.78, 5) is 21.0. The molecule has 0 heterocycles. The zero-order valence-corrected chi connectivity index (χ0v) is 14.9. The highest BCUT2D eigenvalue weighted by atomic mass is 16.4. The second-order valence-corrected chi connectivity index (χ2v) is 6.01. The molecular weight excluding hydrogens is 292 g/mol. The Hall–Kier alpha value is -1.06. The van der Waals surface area contributed by atoms with Gasteiger partial charge in [-0.2, -0.15) is 0 Å². The molecule has 4 heteroatoms. The number of hydrogen-bond donors (Lipinski definition) is 2. The molecule has 4 nitrogen and oxygen atoms in total. The van der Waals surface area contributed by atoms with Crippen molar-refractivity contribution in [2.75, 3.05) is 0 Å². The molecule has 0 amide bonds. The van der Waals surface area contributed by atoms with E-state index in [0.717, 1.165) is 57.8 Å². The van der Waals surface area contributed by atoms with Crippen molar-refractivity contribution in [2.24, 2.45) is 11.8 Å². The normalized spacial score (nSPS) is 11.2. The van der Waals surface area contributed by atoms with Gasteiger partial charge < -0.3 is 10.2 Å². The Morgan fingerprint density at radius 2 is 1.26 bits per heavy atom. The van der Waals surface area contributed by atoms with Crippen LogP contribution in [0.25, 0.3) is 0 Å². The molecule has 0 spiro atoms. The average Bonchev–Trinajstić information content (AvgIpc) is 2.44. The molecule has 0 rings (SSSR count). The monoisotopic (exact) mass is 332 g/mol. The summed E-state index contributed by atoms with van der Waals surface area (Å²) in [6.45, 7) is 8.32. The van der Waals surface area contributed by atoms with E-state index in [1.165, 1.54) is 0 Å². The molecule has 0 unspecified atom stereocenters. The largest absolute Gasteiger partial charge is 0.481 e.